The Kier molecular flexibility index (Phi) is 5.03. The van der Waals surface area contributed by atoms with Crippen molar-refractivity contribution >= 4 is 26.0 Å². The van der Waals surface area contributed by atoms with Gasteiger partial charge in [0.05, 0.1) is 4.90 Å². The Morgan fingerprint density at radius 3 is 2.42 bits per heavy atom. The maximum Gasteiger partial charge on any atom is 0.240 e. The summed E-state index contributed by atoms with van der Waals surface area (Å²) in [6.45, 7) is 2.14. The van der Waals surface area contributed by atoms with Crippen LogP contribution in [0.15, 0.2) is 33.6 Å². The highest BCUT2D eigenvalue weighted by Crippen LogP contribution is 2.24. The highest BCUT2D eigenvalue weighted by Gasteiger charge is 2.25. The molecule has 0 saturated heterocycles. The number of hydrogen-bond donors (Lipinski definition) is 1. The molecule has 0 heterocycles. The van der Waals surface area contributed by atoms with Gasteiger partial charge in [-0.25, -0.2) is 13.1 Å². The van der Waals surface area contributed by atoms with Crippen LogP contribution in [0.1, 0.15) is 39.0 Å². The molecule has 19 heavy (non-hydrogen) atoms. The normalized spacial score (nSPS) is 24.9. The van der Waals surface area contributed by atoms with E-state index in [1.165, 1.54) is 12.8 Å². The first-order chi connectivity index (χ1) is 8.99. The molecule has 2 atom stereocenters. The molecule has 0 aliphatic heterocycles. The predicted octanol–water partition coefficient (Wildman–Crippen LogP) is 3.70. The van der Waals surface area contributed by atoms with Gasteiger partial charge in [-0.3, -0.25) is 0 Å². The number of halogens is 1. The lowest BCUT2D eigenvalue weighted by Crippen LogP contribution is -2.38. The van der Waals surface area contributed by atoms with E-state index in [0.29, 0.717) is 10.8 Å². The van der Waals surface area contributed by atoms with Crippen LogP contribution in [0.2, 0.25) is 0 Å². The van der Waals surface area contributed by atoms with Gasteiger partial charge in [-0.2, -0.15) is 0 Å². The fraction of sp³-hybridized carbons (Fsp3) is 0.571. The fourth-order valence-corrected chi connectivity index (χ4v) is 4.19. The summed E-state index contributed by atoms with van der Waals surface area (Å²) in [5.41, 5.74) is 0. The quantitative estimate of drug-likeness (QED) is 0.849. The Balaban J connectivity index is 2.13. The van der Waals surface area contributed by atoms with E-state index in [1.54, 1.807) is 24.3 Å². The van der Waals surface area contributed by atoms with Crippen molar-refractivity contribution in [2.75, 3.05) is 0 Å². The van der Waals surface area contributed by atoms with Crippen LogP contribution in [0.3, 0.4) is 0 Å². The molecule has 1 aromatic rings. The number of sulfonamides is 1. The molecule has 3 nitrogen and oxygen atoms in total. The highest BCUT2D eigenvalue weighted by atomic mass is 79.9. The molecular formula is C14H20BrNO2S. The van der Waals surface area contributed by atoms with Crippen LogP contribution in [-0.4, -0.2) is 14.5 Å². The zero-order valence-electron chi connectivity index (χ0n) is 11.1. The first-order valence-electron chi connectivity index (χ1n) is 6.77. The van der Waals surface area contributed by atoms with Gasteiger partial charge in [0.15, 0.2) is 0 Å². The minimum Gasteiger partial charge on any atom is -0.208 e. The van der Waals surface area contributed by atoms with Crippen molar-refractivity contribution in [3.8, 4) is 0 Å². The smallest absolute Gasteiger partial charge is 0.208 e. The number of hydrogen-bond acceptors (Lipinski definition) is 2. The summed E-state index contributed by atoms with van der Waals surface area (Å²) in [5, 5.41) is 0. The van der Waals surface area contributed by atoms with Crippen LogP contribution in [0, 0.1) is 5.92 Å². The van der Waals surface area contributed by atoms with Crippen molar-refractivity contribution in [2.45, 2.75) is 50.0 Å². The van der Waals surface area contributed by atoms with E-state index in [4.69, 9.17) is 0 Å². The summed E-state index contributed by atoms with van der Waals surface area (Å²) in [4.78, 5) is 0.340. The second-order valence-electron chi connectivity index (χ2n) is 5.30. The third kappa shape index (κ3) is 4.04. The Morgan fingerprint density at radius 2 is 1.74 bits per heavy atom. The van der Waals surface area contributed by atoms with E-state index in [-0.39, 0.29) is 6.04 Å². The maximum atomic E-state index is 12.3. The number of rotatable bonds is 3. The molecular weight excluding hydrogens is 326 g/mol. The van der Waals surface area contributed by atoms with E-state index in [2.05, 4.69) is 27.6 Å². The van der Waals surface area contributed by atoms with Crippen LogP contribution in [-0.2, 0) is 10.0 Å². The Labute approximate surface area is 124 Å². The zero-order valence-corrected chi connectivity index (χ0v) is 13.5. The van der Waals surface area contributed by atoms with Crippen molar-refractivity contribution in [1.29, 1.82) is 0 Å². The molecule has 0 amide bonds. The summed E-state index contributed by atoms with van der Waals surface area (Å²) < 4.78 is 28.4. The van der Waals surface area contributed by atoms with Crippen LogP contribution < -0.4 is 4.72 Å². The molecule has 1 aliphatic rings. The molecule has 0 spiro atoms. The lowest BCUT2D eigenvalue weighted by Gasteiger charge is -2.22. The lowest BCUT2D eigenvalue weighted by atomic mass is 9.98. The molecule has 106 valence electrons. The Bertz CT molecular complexity index is 513. The SMILES string of the molecule is CC1CCCCCC1NS(=O)(=O)c1ccc(Br)cc1. The summed E-state index contributed by atoms with van der Waals surface area (Å²) in [6.07, 6.45) is 5.57. The fourth-order valence-electron chi connectivity index (χ4n) is 2.55. The predicted molar refractivity (Wildman–Crippen MR) is 80.5 cm³/mol. The molecule has 1 aromatic carbocycles. The van der Waals surface area contributed by atoms with Crippen LogP contribution in [0.4, 0.5) is 0 Å². The minimum absolute atomic E-state index is 0.0659. The standard InChI is InChI=1S/C14H20BrNO2S/c1-11-5-3-2-4-6-14(11)16-19(17,18)13-9-7-12(15)8-10-13/h7-11,14,16H,2-6H2,1H3. The molecule has 2 unspecified atom stereocenters. The summed E-state index contributed by atoms with van der Waals surface area (Å²) in [5.74, 6) is 0.410. The molecule has 1 saturated carbocycles. The van der Waals surface area contributed by atoms with Crippen LogP contribution >= 0.6 is 15.9 Å². The average molecular weight is 346 g/mol. The second kappa shape index (κ2) is 6.37. The molecule has 2 rings (SSSR count). The second-order valence-corrected chi connectivity index (χ2v) is 7.93. The van der Waals surface area contributed by atoms with Crippen LogP contribution in [0.25, 0.3) is 0 Å². The Hall–Kier alpha value is -0.390. The number of nitrogens with one attached hydrogen (secondary N) is 1. The largest absolute Gasteiger partial charge is 0.240 e. The molecule has 1 aliphatic carbocycles. The van der Waals surface area contributed by atoms with E-state index < -0.39 is 10.0 Å². The number of benzene rings is 1. The highest BCUT2D eigenvalue weighted by molar-refractivity contribution is 9.10. The van der Waals surface area contributed by atoms with E-state index >= 15 is 0 Å². The summed E-state index contributed by atoms with van der Waals surface area (Å²) in [6, 6.07) is 6.84. The average Bonchev–Trinajstić information content (AvgIpc) is 2.55. The van der Waals surface area contributed by atoms with Crippen molar-refractivity contribution in [3.05, 3.63) is 28.7 Å². The van der Waals surface area contributed by atoms with E-state index in [9.17, 15) is 8.42 Å². The molecule has 0 aromatic heterocycles. The third-order valence-corrected chi connectivity index (χ3v) is 5.83. The molecule has 1 N–H and O–H groups in total. The first kappa shape index (κ1) is 15.0. The topological polar surface area (TPSA) is 46.2 Å². The van der Waals surface area contributed by atoms with Gasteiger partial charge in [-0.15, -0.1) is 0 Å². The van der Waals surface area contributed by atoms with E-state index in [0.717, 1.165) is 23.7 Å². The van der Waals surface area contributed by atoms with Crippen LogP contribution in [0.5, 0.6) is 0 Å². The van der Waals surface area contributed by atoms with E-state index in [1.807, 2.05) is 0 Å². The van der Waals surface area contributed by atoms with Crippen molar-refractivity contribution < 1.29 is 8.42 Å². The zero-order chi connectivity index (χ0) is 13.9. The third-order valence-electron chi connectivity index (χ3n) is 3.79. The first-order valence-corrected chi connectivity index (χ1v) is 9.04. The van der Waals surface area contributed by atoms with Gasteiger partial charge in [0.1, 0.15) is 0 Å². The molecule has 0 radical (unpaired) electrons. The van der Waals surface area contributed by atoms with Gasteiger partial charge in [0, 0.05) is 10.5 Å². The monoisotopic (exact) mass is 345 g/mol. The van der Waals surface area contributed by atoms with Gasteiger partial charge in [0.25, 0.3) is 0 Å². The minimum atomic E-state index is -3.40. The van der Waals surface area contributed by atoms with Crippen molar-refractivity contribution in [1.82, 2.24) is 4.72 Å². The summed E-state index contributed by atoms with van der Waals surface area (Å²) >= 11 is 3.32. The Morgan fingerprint density at radius 1 is 1.11 bits per heavy atom. The van der Waals surface area contributed by atoms with Gasteiger partial charge >= 0.3 is 0 Å². The van der Waals surface area contributed by atoms with Gasteiger partial charge in [0.2, 0.25) is 10.0 Å². The molecule has 0 bridgehead atoms. The van der Waals surface area contributed by atoms with Gasteiger partial charge < -0.3 is 0 Å². The van der Waals surface area contributed by atoms with Gasteiger partial charge in [-0.05, 0) is 43.0 Å². The van der Waals surface area contributed by atoms with Crippen molar-refractivity contribution in [2.24, 2.45) is 5.92 Å². The maximum absolute atomic E-state index is 12.3. The lowest BCUT2D eigenvalue weighted by molar-refractivity contribution is 0.399. The van der Waals surface area contributed by atoms with Crippen molar-refractivity contribution in [3.63, 3.8) is 0 Å². The molecule has 5 heteroatoms. The molecule has 1 fully saturated rings. The van der Waals surface area contributed by atoms with Gasteiger partial charge in [-0.1, -0.05) is 42.1 Å². The summed E-state index contributed by atoms with van der Waals surface area (Å²) in [7, 11) is -3.40.